The molecule has 2 nitrogen and oxygen atoms in total. The Balaban J connectivity index is 1.91. The van der Waals surface area contributed by atoms with Crippen molar-refractivity contribution < 1.29 is 31.4 Å². The summed E-state index contributed by atoms with van der Waals surface area (Å²) in [7, 11) is 1.42. The molecule has 0 aromatic heterocycles. The molecule has 0 aliphatic carbocycles. The van der Waals surface area contributed by atoms with E-state index in [0.29, 0.717) is 11.8 Å². The van der Waals surface area contributed by atoms with Gasteiger partial charge in [0.15, 0.2) is 0 Å². The van der Waals surface area contributed by atoms with Crippen molar-refractivity contribution in [1.29, 1.82) is 0 Å². The van der Waals surface area contributed by atoms with Gasteiger partial charge in [-0.1, -0.05) is 12.1 Å². The number of ether oxygens (including phenoxy) is 2. The summed E-state index contributed by atoms with van der Waals surface area (Å²) in [5.74, 6) is -0.637. The number of halogens is 5. The fourth-order valence-corrected chi connectivity index (χ4v) is 2.57. The Labute approximate surface area is 151 Å². The van der Waals surface area contributed by atoms with E-state index in [9.17, 15) is 22.0 Å². The number of benzene rings is 3. The highest BCUT2D eigenvalue weighted by Crippen LogP contribution is 2.34. The average Bonchev–Trinajstić information content (AvgIpc) is 2.63. The van der Waals surface area contributed by atoms with Gasteiger partial charge in [0.2, 0.25) is 0 Å². The maximum absolute atomic E-state index is 14.3. The molecule has 3 aromatic rings. The van der Waals surface area contributed by atoms with E-state index in [0.717, 1.165) is 12.1 Å². The molecule has 140 valence electrons. The number of rotatable bonds is 5. The Kier molecular flexibility index (Phi) is 5.03. The van der Waals surface area contributed by atoms with Gasteiger partial charge in [0.05, 0.1) is 12.7 Å². The lowest BCUT2D eigenvalue weighted by Gasteiger charge is -2.19. The SMILES string of the molecule is COc1ccc(C(F)(F)Oc2ccc3c(F)c(C=C(F)F)ccc3c2)cc1. The van der Waals surface area contributed by atoms with Crippen molar-refractivity contribution in [2.75, 3.05) is 7.11 Å². The van der Waals surface area contributed by atoms with Crippen LogP contribution in [0.4, 0.5) is 22.0 Å². The monoisotopic (exact) mass is 380 g/mol. The highest BCUT2D eigenvalue weighted by Gasteiger charge is 2.34. The third-order valence-corrected chi connectivity index (χ3v) is 3.89. The third kappa shape index (κ3) is 4.02. The molecule has 27 heavy (non-hydrogen) atoms. The average molecular weight is 380 g/mol. The minimum absolute atomic E-state index is 0.0186. The van der Waals surface area contributed by atoms with Gasteiger partial charge < -0.3 is 9.47 Å². The zero-order valence-corrected chi connectivity index (χ0v) is 14.0. The molecule has 0 aliphatic rings. The second kappa shape index (κ2) is 7.26. The fraction of sp³-hybridized carbons (Fsp3) is 0.100. The van der Waals surface area contributed by atoms with Crippen LogP contribution in [0, 0.1) is 5.82 Å². The summed E-state index contributed by atoms with van der Waals surface area (Å²) in [6.45, 7) is 0. The van der Waals surface area contributed by atoms with Crippen LogP contribution in [0.1, 0.15) is 11.1 Å². The molecule has 0 spiro atoms. The standard InChI is InChI=1S/C20H13F5O2/c1-26-15-6-4-14(5-7-15)20(24,25)27-16-8-9-17-12(10-16)2-3-13(19(17)23)11-18(21)22/h2-11H,1H3. The molecule has 0 fully saturated rings. The molecule has 0 unspecified atom stereocenters. The van der Waals surface area contributed by atoms with Crippen molar-refractivity contribution in [1.82, 2.24) is 0 Å². The van der Waals surface area contributed by atoms with E-state index in [1.54, 1.807) is 0 Å². The van der Waals surface area contributed by atoms with Gasteiger partial charge in [-0.25, -0.2) is 4.39 Å². The smallest absolute Gasteiger partial charge is 0.426 e. The van der Waals surface area contributed by atoms with Crippen LogP contribution in [0.15, 0.2) is 60.7 Å². The van der Waals surface area contributed by atoms with E-state index in [-0.39, 0.29) is 27.6 Å². The Morgan fingerprint density at radius 2 is 1.59 bits per heavy atom. The van der Waals surface area contributed by atoms with Crippen molar-refractivity contribution >= 4 is 16.8 Å². The number of hydrogen-bond donors (Lipinski definition) is 0. The lowest BCUT2D eigenvalue weighted by Crippen LogP contribution is -2.21. The highest BCUT2D eigenvalue weighted by atomic mass is 19.3. The molecule has 0 N–H and O–H groups in total. The number of alkyl halides is 2. The van der Waals surface area contributed by atoms with Crippen LogP contribution in [-0.4, -0.2) is 7.11 Å². The molecule has 0 saturated carbocycles. The fourth-order valence-electron chi connectivity index (χ4n) is 2.57. The summed E-state index contributed by atoms with van der Waals surface area (Å²) in [6, 6.07) is 11.2. The zero-order valence-electron chi connectivity index (χ0n) is 14.0. The van der Waals surface area contributed by atoms with Crippen molar-refractivity contribution in [3.63, 3.8) is 0 Å². The van der Waals surface area contributed by atoms with E-state index in [1.807, 2.05) is 0 Å². The molecule has 0 radical (unpaired) electrons. The quantitative estimate of drug-likeness (QED) is 0.480. The first-order chi connectivity index (χ1) is 12.8. The minimum Gasteiger partial charge on any atom is -0.497 e. The van der Waals surface area contributed by atoms with Gasteiger partial charge >= 0.3 is 6.11 Å². The first-order valence-electron chi connectivity index (χ1n) is 7.76. The van der Waals surface area contributed by atoms with Gasteiger partial charge in [-0.15, -0.1) is 0 Å². The second-order valence-electron chi connectivity index (χ2n) is 5.63. The molecular formula is C20H13F5O2. The number of hydrogen-bond acceptors (Lipinski definition) is 2. The summed E-state index contributed by atoms with van der Waals surface area (Å²) in [4.78, 5) is 0. The predicted octanol–water partition coefficient (Wildman–Crippen LogP) is 6.35. The van der Waals surface area contributed by atoms with Crippen LogP contribution in [0.25, 0.3) is 16.8 Å². The van der Waals surface area contributed by atoms with Gasteiger partial charge in [-0.05, 0) is 47.9 Å². The molecule has 3 rings (SSSR count). The molecule has 0 heterocycles. The minimum atomic E-state index is -3.63. The Bertz CT molecular complexity index is 993. The molecule has 0 saturated heterocycles. The first kappa shape index (κ1) is 18.7. The number of fused-ring (bicyclic) bond motifs is 1. The van der Waals surface area contributed by atoms with E-state index in [4.69, 9.17) is 9.47 Å². The maximum Gasteiger partial charge on any atom is 0.426 e. The lowest BCUT2D eigenvalue weighted by molar-refractivity contribution is -0.185. The van der Waals surface area contributed by atoms with Crippen LogP contribution in [0.3, 0.4) is 0 Å². The van der Waals surface area contributed by atoms with Crippen molar-refractivity contribution in [3.8, 4) is 11.5 Å². The van der Waals surface area contributed by atoms with Gasteiger partial charge in [0.25, 0.3) is 6.08 Å². The summed E-state index contributed by atoms with van der Waals surface area (Å²) in [5.41, 5.74) is -0.673. The van der Waals surface area contributed by atoms with Crippen LogP contribution >= 0.6 is 0 Å². The Morgan fingerprint density at radius 3 is 2.22 bits per heavy atom. The molecule has 0 bridgehead atoms. The van der Waals surface area contributed by atoms with E-state index >= 15 is 0 Å². The van der Waals surface area contributed by atoms with E-state index in [2.05, 4.69) is 0 Å². The molecular weight excluding hydrogens is 367 g/mol. The summed E-state index contributed by atoms with van der Waals surface area (Å²) in [6.07, 6.45) is -5.26. The Morgan fingerprint density at radius 1 is 0.926 bits per heavy atom. The molecule has 3 aromatic carbocycles. The molecule has 0 atom stereocenters. The van der Waals surface area contributed by atoms with Crippen LogP contribution < -0.4 is 9.47 Å². The van der Waals surface area contributed by atoms with Crippen molar-refractivity contribution in [2.45, 2.75) is 6.11 Å². The normalized spacial score (nSPS) is 11.3. The molecule has 7 heteroatoms. The van der Waals surface area contributed by atoms with Crippen LogP contribution in [0.2, 0.25) is 0 Å². The zero-order chi connectivity index (χ0) is 19.6. The van der Waals surface area contributed by atoms with Gasteiger partial charge in [-0.2, -0.15) is 17.6 Å². The van der Waals surface area contributed by atoms with E-state index < -0.39 is 18.0 Å². The topological polar surface area (TPSA) is 18.5 Å². The second-order valence-corrected chi connectivity index (χ2v) is 5.63. The first-order valence-corrected chi connectivity index (χ1v) is 7.76. The molecule has 0 amide bonds. The van der Waals surface area contributed by atoms with Gasteiger partial charge in [-0.3, -0.25) is 0 Å². The largest absolute Gasteiger partial charge is 0.497 e. The van der Waals surface area contributed by atoms with Crippen molar-refractivity contribution in [3.05, 3.63) is 77.6 Å². The highest BCUT2D eigenvalue weighted by molar-refractivity contribution is 5.86. The Hall–Kier alpha value is -3.09. The van der Waals surface area contributed by atoms with Gasteiger partial charge in [0, 0.05) is 17.0 Å². The summed E-state index contributed by atoms with van der Waals surface area (Å²) >= 11 is 0. The van der Waals surface area contributed by atoms with Crippen LogP contribution in [0.5, 0.6) is 11.5 Å². The molecule has 0 aliphatic heterocycles. The predicted molar refractivity (Wildman–Crippen MR) is 91.6 cm³/mol. The maximum atomic E-state index is 14.3. The van der Waals surface area contributed by atoms with E-state index in [1.165, 1.54) is 49.6 Å². The summed E-state index contributed by atoms with van der Waals surface area (Å²) < 4.78 is 77.3. The van der Waals surface area contributed by atoms with Gasteiger partial charge in [0.1, 0.15) is 17.3 Å². The van der Waals surface area contributed by atoms with Crippen LogP contribution in [-0.2, 0) is 6.11 Å². The summed E-state index contributed by atoms with van der Waals surface area (Å²) in [5, 5.41) is 0.261. The lowest BCUT2D eigenvalue weighted by atomic mass is 10.1. The third-order valence-electron chi connectivity index (χ3n) is 3.89. The number of methoxy groups -OCH3 is 1. The van der Waals surface area contributed by atoms with Crippen molar-refractivity contribution in [2.24, 2.45) is 0 Å².